The van der Waals surface area contributed by atoms with Gasteiger partial charge in [-0.2, -0.15) is 0 Å². The molecule has 2 fully saturated rings. The van der Waals surface area contributed by atoms with Gasteiger partial charge in [0.15, 0.2) is 0 Å². The number of ether oxygens (including phenoxy) is 1. The second-order valence-corrected chi connectivity index (χ2v) is 8.26. The van der Waals surface area contributed by atoms with E-state index < -0.39 is 17.2 Å². The van der Waals surface area contributed by atoms with Crippen LogP contribution in [0.5, 0.6) is 0 Å². The molecule has 0 radical (unpaired) electrons. The molecule has 2 aliphatic rings. The molecular formula is C21H31N3O3. The fourth-order valence-electron chi connectivity index (χ4n) is 4.07. The number of carbonyl (C=O) groups excluding carboxylic acids is 1. The molecule has 0 aliphatic carbocycles. The van der Waals surface area contributed by atoms with Crippen molar-refractivity contribution in [1.82, 2.24) is 15.2 Å². The number of piperidine rings is 1. The SMILES string of the molecule is CC(C)=CCN1CCC2(CC1)OCC[C@@](C)(NC(=O)c1ccncc1)[C@@H]2O. The van der Waals surface area contributed by atoms with Gasteiger partial charge in [-0.05, 0) is 52.2 Å². The molecule has 3 heterocycles. The number of aliphatic hydroxyl groups excluding tert-OH is 1. The molecule has 1 amide bonds. The lowest BCUT2D eigenvalue weighted by atomic mass is 9.73. The molecule has 0 saturated carbocycles. The summed E-state index contributed by atoms with van der Waals surface area (Å²) in [6, 6.07) is 3.36. The third-order valence-electron chi connectivity index (χ3n) is 5.91. The number of hydrogen-bond acceptors (Lipinski definition) is 5. The first-order valence-electron chi connectivity index (χ1n) is 9.75. The zero-order valence-electron chi connectivity index (χ0n) is 16.6. The summed E-state index contributed by atoms with van der Waals surface area (Å²) in [6.07, 6.45) is 6.82. The van der Waals surface area contributed by atoms with Gasteiger partial charge in [-0.3, -0.25) is 14.7 Å². The quantitative estimate of drug-likeness (QED) is 0.791. The maximum Gasteiger partial charge on any atom is 0.251 e. The van der Waals surface area contributed by atoms with Gasteiger partial charge in [0.05, 0.1) is 11.1 Å². The van der Waals surface area contributed by atoms with E-state index >= 15 is 0 Å². The molecule has 1 aromatic rings. The van der Waals surface area contributed by atoms with Crippen molar-refractivity contribution >= 4 is 5.91 Å². The molecule has 6 heteroatoms. The van der Waals surface area contributed by atoms with Gasteiger partial charge in [-0.1, -0.05) is 11.6 Å². The molecule has 0 unspecified atom stereocenters. The highest BCUT2D eigenvalue weighted by atomic mass is 16.5. The topological polar surface area (TPSA) is 74.7 Å². The number of allylic oxidation sites excluding steroid dienone is 1. The van der Waals surface area contributed by atoms with Gasteiger partial charge in [0.1, 0.15) is 6.10 Å². The Bertz CT molecular complexity index is 679. The fourth-order valence-corrected chi connectivity index (χ4v) is 4.07. The van der Waals surface area contributed by atoms with Crippen LogP contribution in [0.25, 0.3) is 0 Å². The zero-order chi connectivity index (χ0) is 19.5. The molecule has 2 atom stereocenters. The Kier molecular flexibility index (Phi) is 5.99. The Morgan fingerprint density at radius 2 is 2.00 bits per heavy atom. The van der Waals surface area contributed by atoms with Gasteiger partial charge in [0, 0.05) is 44.2 Å². The minimum absolute atomic E-state index is 0.183. The molecule has 2 aliphatic heterocycles. The van der Waals surface area contributed by atoms with Crippen LogP contribution in [0.1, 0.15) is 50.4 Å². The Morgan fingerprint density at radius 1 is 1.33 bits per heavy atom. The standard InChI is InChI=1S/C21H31N3O3/c1-16(2)6-12-24-13-7-21(8-14-24)19(26)20(3,9-15-27-21)23-18(25)17-4-10-22-11-5-17/h4-6,10-11,19,26H,7-9,12-15H2,1-3H3,(H,23,25)/t19-,20+/m0/s1. The summed E-state index contributed by atoms with van der Waals surface area (Å²) >= 11 is 0. The molecule has 2 saturated heterocycles. The van der Waals surface area contributed by atoms with E-state index in [2.05, 4.69) is 35.1 Å². The van der Waals surface area contributed by atoms with Crippen molar-refractivity contribution in [2.24, 2.45) is 0 Å². The average Bonchev–Trinajstić information content (AvgIpc) is 2.66. The van der Waals surface area contributed by atoms with E-state index in [-0.39, 0.29) is 5.91 Å². The summed E-state index contributed by atoms with van der Waals surface area (Å²) in [6.45, 7) is 9.39. The van der Waals surface area contributed by atoms with E-state index in [0.717, 1.165) is 32.5 Å². The van der Waals surface area contributed by atoms with E-state index in [4.69, 9.17) is 4.74 Å². The van der Waals surface area contributed by atoms with E-state index in [0.29, 0.717) is 18.6 Å². The molecule has 6 nitrogen and oxygen atoms in total. The van der Waals surface area contributed by atoms with Crippen molar-refractivity contribution in [2.75, 3.05) is 26.2 Å². The number of rotatable bonds is 4. The lowest BCUT2D eigenvalue weighted by Gasteiger charge is -2.53. The molecule has 148 valence electrons. The smallest absolute Gasteiger partial charge is 0.251 e. The maximum absolute atomic E-state index is 12.6. The van der Waals surface area contributed by atoms with Crippen molar-refractivity contribution in [2.45, 2.75) is 57.3 Å². The second-order valence-electron chi connectivity index (χ2n) is 8.26. The van der Waals surface area contributed by atoms with Gasteiger partial charge < -0.3 is 15.2 Å². The largest absolute Gasteiger partial charge is 0.388 e. The average molecular weight is 373 g/mol. The van der Waals surface area contributed by atoms with Crippen molar-refractivity contribution in [3.05, 3.63) is 41.7 Å². The van der Waals surface area contributed by atoms with Crippen LogP contribution in [0.3, 0.4) is 0 Å². The van der Waals surface area contributed by atoms with Crippen LogP contribution < -0.4 is 5.32 Å². The molecule has 27 heavy (non-hydrogen) atoms. The summed E-state index contributed by atoms with van der Waals surface area (Å²) in [7, 11) is 0. The molecule has 3 rings (SSSR count). The number of nitrogens with zero attached hydrogens (tertiary/aromatic N) is 2. The predicted octanol–water partition coefficient (Wildman–Crippen LogP) is 2.15. The van der Waals surface area contributed by atoms with E-state index in [9.17, 15) is 9.90 Å². The van der Waals surface area contributed by atoms with E-state index in [1.54, 1.807) is 24.5 Å². The molecule has 0 bridgehead atoms. The number of hydrogen-bond donors (Lipinski definition) is 2. The summed E-state index contributed by atoms with van der Waals surface area (Å²) in [5, 5.41) is 14.3. The normalized spacial score (nSPS) is 27.9. The number of aliphatic hydroxyl groups is 1. The lowest BCUT2D eigenvalue weighted by Crippen LogP contribution is -2.69. The highest BCUT2D eigenvalue weighted by Crippen LogP contribution is 2.40. The predicted molar refractivity (Wildman–Crippen MR) is 105 cm³/mol. The Balaban J connectivity index is 1.67. The molecule has 1 spiro atoms. The van der Waals surface area contributed by atoms with E-state index in [1.165, 1.54) is 5.57 Å². The minimum atomic E-state index is -0.741. The van der Waals surface area contributed by atoms with Gasteiger partial charge in [0.2, 0.25) is 0 Å². The van der Waals surface area contributed by atoms with Crippen LogP contribution in [0, 0.1) is 0 Å². The lowest BCUT2D eigenvalue weighted by molar-refractivity contribution is -0.205. The van der Waals surface area contributed by atoms with Crippen LogP contribution in [0.4, 0.5) is 0 Å². The molecular weight excluding hydrogens is 342 g/mol. The first-order chi connectivity index (χ1) is 12.8. The van der Waals surface area contributed by atoms with Gasteiger partial charge in [-0.15, -0.1) is 0 Å². The van der Waals surface area contributed by atoms with Crippen LogP contribution in [0.2, 0.25) is 0 Å². The third kappa shape index (κ3) is 4.39. The van der Waals surface area contributed by atoms with Crippen molar-refractivity contribution in [3.8, 4) is 0 Å². The summed E-state index contributed by atoms with van der Waals surface area (Å²) in [5.41, 5.74) is 0.576. The third-order valence-corrected chi connectivity index (χ3v) is 5.91. The van der Waals surface area contributed by atoms with E-state index in [1.807, 2.05) is 6.92 Å². The van der Waals surface area contributed by atoms with Crippen LogP contribution in [-0.4, -0.2) is 64.4 Å². The fraction of sp³-hybridized carbons (Fsp3) is 0.619. The number of pyridine rings is 1. The number of carbonyl (C=O) groups is 1. The van der Waals surface area contributed by atoms with Gasteiger partial charge in [-0.25, -0.2) is 0 Å². The second kappa shape index (κ2) is 8.09. The maximum atomic E-state index is 12.6. The van der Waals surface area contributed by atoms with Crippen LogP contribution in [-0.2, 0) is 4.74 Å². The van der Waals surface area contributed by atoms with Crippen molar-refractivity contribution in [3.63, 3.8) is 0 Å². The summed E-state index contributed by atoms with van der Waals surface area (Å²) < 4.78 is 6.12. The first-order valence-corrected chi connectivity index (χ1v) is 9.75. The monoisotopic (exact) mass is 373 g/mol. The number of nitrogens with one attached hydrogen (secondary N) is 1. The number of aromatic nitrogens is 1. The Morgan fingerprint density at radius 3 is 2.63 bits per heavy atom. The zero-order valence-corrected chi connectivity index (χ0v) is 16.6. The van der Waals surface area contributed by atoms with Crippen LogP contribution >= 0.6 is 0 Å². The van der Waals surface area contributed by atoms with Crippen molar-refractivity contribution in [1.29, 1.82) is 0 Å². The van der Waals surface area contributed by atoms with Crippen LogP contribution in [0.15, 0.2) is 36.2 Å². The molecule has 1 aromatic heterocycles. The summed E-state index contributed by atoms with van der Waals surface area (Å²) in [4.78, 5) is 19.0. The highest BCUT2D eigenvalue weighted by Gasteiger charge is 2.53. The number of amides is 1. The number of likely N-dealkylation sites (tertiary alicyclic amines) is 1. The van der Waals surface area contributed by atoms with Gasteiger partial charge >= 0.3 is 0 Å². The highest BCUT2D eigenvalue weighted by molar-refractivity contribution is 5.94. The van der Waals surface area contributed by atoms with Crippen molar-refractivity contribution < 1.29 is 14.6 Å². The Labute approximate surface area is 161 Å². The first kappa shape index (κ1) is 20.0. The molecule has 0 aromatic carbocycles. The molecule has 2 N–H and O–H groups in total. The summed E-state index contributed by atoms with van der Waals surface area (Å²) in [5.74, 6) is -0.183. The van der Waals surface area contributed by atoms with Gasteiger partial charge in [0.25, 0.3) is 5.91 Å². The Hall–Kier alpha value is -1.76. The minimum Gasteiger partial charge on any atom is -0.388 e.